The number of fused-ring (bicyclic) bond motifs is 1. The van der Waals surface area contributed by atoms with Crippen molar-refractivity contribution < 1.29 is 18.7 Å². The first-order chi connectivity index (χ1) is 11.6. The quantitative estimate of drug-likeness (QED) is 0.854. The number of hydrogen-bond acceptors (Lipinski definition) is 4. The van der Waals surface area contributed by atoms with Crippen LogP contribution in [0.3, 0.4) is 0 Å². The van der Waals surface area contributed by atoms with Gasteiger partial charge in [0.2, 0.25) is 0 Å². The van der Waals surface area contributed by atoms with Gasteiger partial charge in [-0.25, -0.2) is 4.79 Å². The molecule has 3 rings (SSSR count). The summed E-state index contributed by atoms with van der Waals surface area (Å²) in [5, 5.41) is 2.41. The second-order valence-corrected chi connectivity index (χ2v) is 6.65. The zero-order valence-electron chi connectivity index (χ0n) is 13.3. The first-order valence-corrected chi connectivity index (χ1v) is 8.77. The SMILES string of the molecule is CCOC(=O)c1c(F)sc2c1C(NC(=O)c1ccccc1)CCC2. The number of esters is 1. The molecule has 1 aromatic heterocycles. The number of carbonyl (C=O) groups excluding carboxylic acids is 2. The number of nitrogens with one attached hydrogen (secondary N) is 1. The molecule has 1 amide bonds. The molecule has 1 N–H and O–H groups in total. The Morgan fingerprint density at radius 1 is 1.33 bits per heavy atom. The van der Waals surface area contributed by atoms with Crippen LogP contribution in [-0.2, 0) is 11.2 Å². The summed E-state index contributed by atoms with van der Waals surface area (Å²) < 4.78 is 19.3. The predicted octanol–water partition coefficient (Wildman–Crippen LogP) is 3.87. The minimum absolute atomic E-state index is 0.0186. The molecule has 0 saturated carbocycles. The van der Waals surface area contributed by atoms with Gasteiger partial charge in [-0.15, -0.1) is 11.3 Å². The lowest BCUT2D eigenvalue weighted by atomic mass is 9.90. The lowest BCUT2D eigenvalue weighted by Crippen LogP contribution is -2.31. The highest BCUT2D eigenvalue weighted by Gasteiger charge is 2.33. The number of hydrogen-bond donors (Lipinski definition) is 1. The maximum atomic E-state index is 14.3. The standard InChI is InChI=1S/C18H18FNO3S/c1-2-23-18(22)15-14-12(9-6-10-13(14)24-16(15)19)20-17(21)11-7-4-3-5-8-11/h3-5,7-8,12H,2,6,9-10H2,1H3,(H,20,21). The fourth-order valence-corrected chi connectivity index (χ4v) is 4.11. The predicted molar refractivity (Wildman–Crippen MR) is 89.8 cm³/mol. The van der Waals surface area contributed by atoms with Crippen molar-refractivity contribution in [3.8, 4) is 0 Å². The Kier molecular flexibility index (Phi) is 4.94. The van der Waals surface area contributed by atoms with Crippen molar-refractivity contribution >= 4 is 23.2 Å². The van der Waals surface area contributed by atoms with Crippen LogP contribution in [0, 0.1) is 5.13 Å². The number of carbonyl (C=O) groups is 2. The normalized spacial score (nSPS) is 16.3. The molecule has 0 fully saturated rings. The largest absolute Gasteiger partial charge is 0.462 e. The van der Waals surface area contributed by atoms with Crippen molar-refractivity contribution in [2.45, 2.75) is 32.2 Å². The van der Waals surface area contributed by atoms with E-state index in [1.54, 1.807) is 31.2 Å². The summed E-state index contributed by atoms with van der Waals surface area (Å²) >= 11 is 0.979. The first-order valence-electron chi connectivity index (χ1n) is 7.96. The van der Waals surface area contributed by atoms with E-state index < -0.39 is 11.1 Å². The fourth-order valence-electron chi connectivity index (χ4n) is 2.99. The summed E-state index contributed by atoms with van der Waals surface area (Å²) in [6.45, 7) is 1.87. The highest BCUT2D eigenvalue weighted by atomic mass is 32.1. The first kappa shape index (κ1) is 16.6. The van der Waals surface area contributed by atoms with Crippen LogP contribution in [0.4, 0.5) is 4.39 Å². The minimum Gasteiger partial charge on any atom is -0.462 e. The van der Waals surface area contributed by atoms with Crippen molar-refractivity contribution in [1.29, 1.82) is 0 Å². The van der Waals surface area contributed by atoms with Gasteiger partial charge in [0, 0.05) is 16.0 Å². The smallest absolute Gasteiger partial charge is 0.342 e. The number of rotatable bonds is 4. The van der Waals surface area contributed by atoms with Gasteiger partial charge in [-0.05, 0) is 38.3 Å². The molecule has 1 aliphatic carbocycles. The van der Waals surface area contributed by atoms with E-state index in [-0.39, 0.29) is 24.1 Å². The Morgan fingerprint density at radius 2 is 2.08 bits per heavy atom. The molecule has 1 unspecified atom stereocenters. The number of halogens is 1. The number of ether oxygens (including phenoxy) is 1. The Labute approximate surface area is 143 Å². The van der Waals surface area contributed by atoms with Crippen molar-refractivity contribution in [2.75, 3.05) is 6.61 Å². The van der Waals surface area contributed by atoms with Crippen molar-refractivity contribution in [3.05, 3.63) is 57.0 Å². The van der Waals surface area contributed by atoms with Crippen LogP contribution < -0.4 is 5.32 Å². The summed E-state index contributed by atoms with van der Waals surface area (Å²) in [5.74, 6) is -0.886. The third-order valence-electron chi connectivity index (χ3n) is 4.05. The summed E-state index contributed by atoms with van der Waals surface area (Å²) in [6, 6.07) is 8.48. The van der Waals surface area contributed by atoms with E-state index in [4.69, 9.17) is 4.74 Å². The van der Waals surface area contributed by atoms with Crippen LogP contribution in [0.25, 0.3) is 0 Å². The molecule has 1 aliphatic rings. The molecular weight excluding hydrogens is 329 g/mol. The Bertz CT molecular complexity index is 757. The van der Waals surface area contributed by atoms with Crippen molar-refractivity contribution in [3.63, 3.8) is 0 Å². The third kappa shape index (κ3) is 3.19. The van der Waals surface area contributed by atoms with E-state index in [0.29, 0.717) is 24.0 Å². The highest BCUT2D eigenvalue weighted by Crippen LogP contribution is 2.39. The van der Waals surface area contributed by atoms with Crippen molar-refractivity contribution in [1.82, 2.24) is 5.32 Å². The Balaban J connectivity index is 1.91. The number of aryl methyl sites for hydroxylation is 1. The van der Waals surface area contributed by atoms with E-state index >= 15 is 0 Å². The van der Waals surface area contributed by atoms with Gasteiger partial charge in [0.15, 0.2) is 5.13 Å². The molecule has 6 heteroatoms. The highest BCUT2D eigenvalue weighted by molar-refractivity contribution is 7.10. The lowest BCUT2D eigenvalue weighted by Gasteiger charge is -2.24. The van der Waals surface area contributed by atoms with E-state index in [1.165, 1.54) is 0 Å². The molecule has 2 aromatic rings. The van der Waals surface area contributed by atoms with Gasteiger partial charge < -0.3 is 10.1 Å². The van der Waals surface area contributed by atoms with Crippen LogP contribution in [0.15, 0.2) is 30.3 Å². The van der Waals surface area contributed by atoms with Crippen molar-refractivity contribution in [2.24, 2.45) is 0 Å². The van der Waals surface area contributed by atoms with Gasteiger partial charge in [-0.1, -0.05) is 18.2 Å². The molecular formula is C18H18FNO3S. The van der Waals surface area contributed by atoms with E-state index in [0.717, 1.165) is 22.6 Å². The molecule has 0 spiro atoms. The number of benzene rings is 1. The molecule has 0 aliphatic heterocycles. The summed E-state index contributed by atoms with van der Waals surface area (Å²) in [7, 11) is 0. The summed E-state index contributed by atoms with van der Waals surface area (Å²) in [6.07, 6.45) is 2.23. The van der Waals surface area contributed by atoms with Gasteiger partial charge in [-0.2, -0.15) is 4.39 Å². The Morgan fingerprint density at radius 3 is 2.79 bits per heavy atom. The van der Waals surface area contributed by atoms with E-state index in [9.17, 15) is 14.0 Å². The van der Waals surface area contributed by atoms with Gasteiger partial charge in [-0.3, -0.25) is 4.79 Å². The molecule has 0 radical (unpaired) electrons. The maximum Gasteiger partial charge on any atom is 0.342 e. The molecule has 1 aromatic carbocycles. The minimum atomic E-state index is -0.659. The van der Waals surface area contributed by atoms with Crippen LogP contribution in [0.5, 0.6) is 0 Å². The number of thiophene rings is 1. The third-order valence-corrected chi connectivity index (χ3v) is 5.10. The van der Waals surface area contributed by atoms with Gasteiger partial charge >= 0.3 is 5.97 Å². The van der Waals surface area contributed by atoms with Crippen LogP contribution in [-0.4, -0.2) is 18.5 Å². The molecule has 24 heavy (non-hydrogen) atoms. The topological polar surface area (TPSA) is 55.4 Å². The van der Waals surface area contributed by atoms with Crippen LogP contribution in [0.1, 0.15) is 57.0 Å². The monoisotopic (exact) mass is 347 g/mol. The molecule has 126 valence electrons. The van der Waals surface area contributed by atoms with Gasteiger partial charge in [0.05, 0.1) is 12.6 Å². The Hall–Kier alpha value is -2.21. The van der Waals surface area contributed by atoms with E-state index in [1.807, 2.05) is 6.07 Å². The average molecular weight is 347 g/mol. The summed E-state index contributed by atoms with van der Waals surface area (Å²) in [5.41, 5.74) is 1.11. The number of amides is 1. The molecule has 1 atom stereocenters. The fraction of sp³-hybridized carbons (Fsp3) is 0.333. The maximum absolute atomic E-state index is 14.3. The van der Waals surface area contributed by atoms with Crippen LogP contribution >= 0.6 is 11.3 Å². The molecule has 1 heterocycles. The zero-order valence-corrected chi connectivity index (χ0v) is 14.1. The molecule has 0 bridgehead atoms. The van der Waals surface area contributed by atoms with Crippen LogP contribution in [0.2, 0.25) is 0 Å². The van der Waals surface area contributed by atoms with Gasteiger partial charge in [0.1, 0.15) is 5.56 Å². The van der Waals surface area contributed by atoms with Gasteiger partial charge in [0.25, 0.3) is 5.91 Å². The zero-order chi connectivity index (χ0) is 17.1. The second kappa shape index (κ2) is 7.13. The summed E-state index contributed by atoms with van der Waals surface area (Å²) in [4.78, 5) is 25.4. The lowest BCUT2D eigenvalue weighted by molar-refractivity contribution is 0.0518. The van der Waals surface area contributed by atoms with E-state index in [2.05, 4.69) is 5.32 Å². The molecule has 4 nitrogen and oxygen atoms in total. The average Bonchev–Trinajstić information content (AvgIpc) is 2.93. The molecule has 0 saturated heterocycles. The second-order valence-electron chi connectivity index (χ2n) is 5.59.